The largest absolute Gasteiger partial charge is 0.419 e. The number of benzene rings is 1. The minimum atomic E-state index is -4.91. The molecule has 0 aromatic heterocycles. The van der Waals surface area contributed by atoms with Crippen LogP contribution < -0.4 is 5.32 Å². The normalized spacial score (nSPS) is 10.0. The molecule has 4 nitrogen and oxygen atoms in total. The third-order valence-electron chi connectivity index (χ3n) is 2.41. The summed E-state index contributed by atoms with van der Waals surface area (Å²) in [6.07, 6.45) is -4.91. The fourth-order valence-electron chi connectivity index (χ4n) is 1.48. The third kappa shape index (κ3) is 3.49. The van der Waals surface area contributed by atoms with Crippen LogP contribution in [0.25, 0.3) is 0 Å². The van der Waals surface area contributed by atoms with E-state index in [1.807, 2.05) is 0 Å². The molecule has 0 saturated carbocycles. The molecule has 0 heterocycles. The number of nitriles is 3. The molecule has 1 aromatic carbocycles. The van der Waals surface area contributed by atoms with Crippen LogP contribution in [0.3, 0.4) is 0 Å². The summed E-state index contributed by atoms with van der Waals surface area (Å²) in [7, 11) is 0. The van der Waals surface area contributed by atoms with E-state index in [0.29, 0.717) is 6.07 Å². The van der Waals surface area contributed by atoms with Crippen LogP contribution in [0, 0.1) is 46.7 Å². The van der Waals surface area contributed by atoms with E-state index in [1.165, 1.54) is 18.2 Å². The number of hydrogen-bond donors (Lipinski definition) is 1. The van der Waals surface area contributed by atoms with Crippen molar-refractivity contribution in [3.8, 4) is 18.2 Å². The summed E-state index contributed by atoms with van der Waals surface area (Å²) in [5.41, 5.74) is -3.15. The molecule has 0 fully saturated rings. The van der Waals surface area contributed by atoms with Crippen LogP contribution in [0.5, 0.6) is 0 Å². The van der Waals surface area contributed by atoms with E-state index in [0.717, 1.165) is 13.0 Å². The molecule has 1 N–H and O–H groups in total. The van der Waals surface area contributed by atoms with E-state index in [4.69, 9.17) is 15.8 Å². The van der Waals surface area contributed by atoms with Crippen molar-refractivity contribution in [3.05, 3.63) is 40.3 Å². The van der Waals surface area contributed by atoms with Gasteiger partial charge in [-0.3, -0.25) is 0 Å². The van der Waals surface area contributed by atoms with Gasteiger partial charge in [0, 0.05) is 5.69 Å². The third-order valence-corrected chi connectivity index (χ3v) is 2.41. The molecule has 106 valence electrons. The summed E-state index contributed by atoms with van der Waals surface area (Å²) in [6.45, 7) is 1.13. The van der Waals surface area contributed by atoms with E-state index in [2.05, 4.69) is 5.32 Å². The Balaban J connectivity index is 3.40. The van der Waals surface area contributed by atoms with Crippen LogP contribution in [-0.4, -0.2) is 0 Å². The maximum atomic E-state index is 13.5. The Labute approximate surface area is 117 Å². The van der Waals surface area contributed by atoms with Gasteiger partial charge in [0.2, 0.25) is 0 Å². The molecular formula is C13H6F4N4. The van der Waals surface area contributed by atoms with Gasteiger partial charge in [0.15, 0.2) is 5.57 Å². The fourth-order valence-corrected chi connectivity index (χ4v) is 1.48. The first-order valence-corrected chi connectivity index (χ1v) is 5.33. The molecule has 0 unspecified atom stereocenters. The number of nitrogens with one attached hydrogen (secondary N) is 1. The lowest BCUT2D eigenvalue weighted by Crippen LogP contribution is -2.11. The standard InChI is InChI=1S/C13H6F4N4/c1-7-2-9(3-10(12(7)14)13(15,16)17)21-11(6-20)8(4-18)5-19/h2-3,21H,1H3. The van der Waals surface area contributed by atoms with Crippen LogP contribution in [0.15, 0.2) is 23.4 Å². The van der Waals surface area contributed by atoms with Crippen LogP contribution in [0.2, 0.25) is 0 Å². The molecule has 0 bridgehead atoms. The molecule has 0 spiro atoms. The van der Waals surface area contributed by atoms with Crippen molar-refractivity contribution in [3.63, 3.8) is 0 Å². The minimum Gasteiger partial charge on any atom is -0.345 e. The van der Waals surface area contributed by atoms with Gasteiger partial charge in [-0.1, -0.05) is 0 Å². The highest BCUT2D eigenvalue weighted by Gasteiger charge is 2.35. The highest BCUT2D eigenvalue weighted by molar-refractivity contribution is 5.60. The van der Waals surface area contributed by atoms with E-state index in [-0.39, 0.29) is 11.3 Å². The molecule has 0 atom stereocenters. The predicted molar refractivity (Wildman–Crippen MR) is 63.6 cm³/mol. The van der Waals surface area contributed by atoms with Gasteiger partial charge in [-0.05, 0) is 24.6 Å². The van der Waals surface area contributed by atoms with Crippen molar-refractivity contribution in [2.24, 2.45) is 0 Å². The summed E-state index contributed by atoms with van der Waals surface area (Å²) < 4.78 is 51.5. The lowest BCUT2D eigenvalue weighted by atomic mass is 10.1. The van der Waals surface area contributed by atoms with Gasteiger partial charge in [0.05, 0.1) is 5.56 Å². The second-order valence-corrected chi connectivity index (χ2v) is 3.86. The van der Waals surface area contributed by atoms with E-state index in [1.54, 1.807) is 0 Å². The number of anilines is 1. The van der Waals surface area contributed by atoms with Gasteiger partial charge >= 0.3 is 6.18 Å². The maximum absolute atomic E-state index is 13.5. The van der Waals surface area contributed by atoms with Gasteiger partial charge in [-0.15, -0.1) is 0 Å². The zero-order valence-corrected chi connectivity index (χ0v) is 10.5. The Morgan fingerprint density at radius 3 is 2.10 bits per heavy atom. The van der Waals surface area contributed by atoms with Gasteiger partial charge < -0.3 is 5.32 Å². The van der Waals surface area contributed by atoms with E-state index in [9.17, 15) is 17.6 Å². The highest BCUT2D eigenvalue weighted by Crippen LogP contribution is 2.34. The number of alkyl halides is 3. The van der Waals surface area contributed by atoms with Gasteiger partial charge in [-0.25, -0.2) is 4.39 Å². The topological polar surface area (TPSA) is 83.4 Å². The van der Waals surface area contributed by atoms with Gasteiger partial charge in [0.1, 0.15) is 29.7 Å². The van der Waals surface area contributed by atoms with Crippen LogP contribution in [-0.2, 0) is 6.18 Å². The summed E-state index contributed by atoms with van der Waals surface area (Å²) in [5.74, 6) is -1.42. The smallest absolute Gasteiger partial charge is 0.345 e. The van der Waals surface area contributed by atoms with Crippen molar-refractivity contribution < 1.29 is 17.6 Å². The van der Waals surface area contributed by atoms with Gasteiger partial charge in [0.25, 0.3) is 0 Å². The molecule has 0 amide bonds. The second kappa shape index (κ2) is 5.94. The first kappa shape index (κ1) is 16.0. The molecule has 8 heteroatoms. The number of rotatable bonds is 2. The van der Waals surface area contributed by atoms with Gasteiger partial charge in [-0.2, -0.15) is 29.0 Å². The zero-order chi connectivity index (χ0) is 16.2. The predicted octanol–water partition coefficient (Wildman–Crippen LogP) is 3.39. The summed E-state index contributed by atoms with van der Waals surface area (Å²) in [4.78, 5) is 0. The van der Waals surface area contributed by atoms with Crippen LogP contribution >= 0.6 is 0 Å². The molecule has 1 aromatic rings. The minimum absolute atomic E-state index is 0.249. The van der Waals surface area contributed by atoms with E-state index < -0.39 is 28.8 Å². The molecule has 0 aliphatic rings. The average Bonchev–Trinajstić information content (AvgIpc) is 2.41. The molecule has 0 aliphatic heterocycles. The molecule has 1 rings (SSSR count). The Hall–Kier alpha value is -3.05. The quantitative estimate of drug-likeness (QED) is 0.669. The Bertz CT molecular complexity index is 711. The van der Waals surface area contributed by atoms with Crippen molar-refractivity contribution >= 4 is 5.69 Å². The van der Waals surface area contributed by atoms with Crippen molar-refractivity contribution in [2.45, 2.75) is 13.1 Å². The Morgan fingerprint density at radius 2 is 1.67 bits per heavy atom. The Kier molecular flexibility index (Phi) is 4.53. The summed E-state index contributed by atoms with van der Waals surface area (Å²) >= 11 is 0. The highest BCUT2D eigenvalue weighted by atomic mass is 19.4. The Morgan fingerprint density at radius 1 is 1.10 bits per heavy atom. The lowest BCUT2D eigenvalue weighted by Gasteiger charge is -2.13. The maximum Gasteiger partial charge on any atom is 0.419 e. The van der Waals surface area contributed by atoms with Crippen molar-refractivity contribution in [1.29, 1.82) is 15.8 Å². The number of nitrogens with zero attached hydrogens (tertiary/aromatic N) is 3. The molecule has 21 heavy (non-hydrogen) atoms. The summed E-state index contributed by atoms with van der Waals surface area (Å²) in [6, 6.07) is 5.86. The molecule has 0 aliphatic carbocycles. The molecule has 0 saturated heterocycles. The number of aryl methyl sites for hydroxylation is 1. The first-order valence-electron chi connectivity index (χ1n) is 5.33. The first-order chi connectivity index (χ1) is 9.74. The number of hydrogen-bond acceptors (Lipinski definition) is 4. The second-order valence-electron chi connectivity index (χ2n) is 3.86. The molecular weight excluding hydrogens is 288 g/mol. The van der Waals surface area contributed by atoms with Crippen molar-refractivity contribution in [2.75, 3.05) is 5.32 Å². The average molecular weight is 294 g/mol. The zero-order valence-electron chi connectivity index (χ0n) is 10.5. The summed E-state index contributed by atoms with van der Waals surface area (Å²) in [5, 5.41) is 28.3. The fraction of sp³-hybridized carbons (Fsp3) is 0.154. The van der Waals surface area contributed by atoms with Crippen LogP contribution in [0.4, 0.5) is 23.2 Å². The SMILES string of the molecule is Cc1cc(NC(C#N)=C(C#N)C#N)cc(C(F)(F)F)c1F. The number of allylic oxidation sites excluding steroid dienone is 2. The monoisotopic (exact) mass is 294 g/mol. The molecule has 0 radical (unpaired) electrons. The number of halogens is 4. The van der Waals surface area contributed by atoms with E-state index >= 15 is 0 Å². The van der Waals surface area contributed by atoms with Crippen molar-refractivity contribution in [1.82, 2.24) is 0 Å². The van der Waals surface area contributed by atoms with Crippen LogP contribution in [0.1, 0.15) is 11.1 Å². The lowest BCUT2D eigenvalue weighted by molar-refractivity contribution is -0.140.